The fraction of sp³-hybridized carbons (Fsp3) is 0.308. The van der Waals surface area contributed by atoms with Crippen molar-refractivity contribution in [2.75, 3.05) is 19.7 Å². The van der Waals surface area contributed by atoms with E-state index in [1.54, 1.807) is 23.9 Å². The molecule has 170 valence electrons. The number of ether oxygens (including phenoxy) is 1. The standard InChI is InChI=1S/C26H27N3O4/c1-19(32)25-28-14-15-29(25)23(16-30)9-4-20-2-5-21(6-3-20)22-7-10-24(11-8-22)33-26(18-31)12-13-27-17-26/h2-3,5-8,10-11,14-15,18-19,23,27,30,32H,12-13,16-17H2,1H3/t19-,23-,26+/m0/s1. The first kappa shape index (κ1) is 22.7. The molecule has 3 atom stereocenters. The molecule has 7 nitrogen and oxygen atoms in total. The third-order valence-electron chi connectivity index (χ3n) is 5.72. The van der Waals surface area contributed by atoms with Gasteiger partial charge in [0.05, 0.1) is 6.61 Å². The lowest BCUT2D eigenvalue weighted by Gasteiger charge is -2.23. The van der Waals surface area contributed by atoms with Gasteiger partial charge in [-0.15, -0.1) is 0 Å². The normalized spacial score (nSPS) is 19.4. The summed E-state index contributed by atoms with van der Waals surface area (Å²) in [5.74, 6) is 7.28. The molecular weight excluding hydrogens is 418 g/mol. The Balaban J connectivity index is 1.45. The fourth-order valence-electron chi connectivity index (χ4n) is 3.88. The molecule has 0 bridgehead atoms. The average Bonchev–Trinajstić information content (AvgIpc) is 3.51. The van der Waals surface area contributed by atoms with Crippen molar-refractivity contribution in [2.24, 2.45) is 0 Å². The summed E-state index contributed by atoms with van der Waals surface area (Å²) in [5, 5.41) is 22.8. The van der Waals surface area contributed by atoms with E-state index in [0.717, 1.165) is 29.5 Å². The number of hydrogen-bond acceptors (Lipinski definition) is 6. The van der Waals surface area contributed by atoms with E-state index >= 15 is 0 Å². The lowest BCUT2D eigenvalue weighted by molar-refractivity contribution is -0.120. The van der Waals surface area contributed by atoms with Crippen LogP contribution in [-0.2, 0) is 4.79 Å². The maximum Gasteiger partial charge on any atom is 0.177 e. The third kappa shape index (κ3) is 5.15. The van der Waals surface area contributed by atoms with Gasteiger partial charge in [-0.3, -0.25) is 4.79 Å². The highest BCUT2D eigenvalue weighted by Gasteiger charge is 2.35. The van der Waals surface area contributed by atoms with Gasteiger partial charge >= 0.3 is 0 Å². The number of rotatable bonds is 7. The number of imidazole rings is 1. The minimum Gasteiger partial charge on any atom is -0.478 e. The van der Waals surface area contributed by atoms with Crippen molar-refractivity contribution < 1.29 is 19.7 Å². The second-order valence-corrected chi connectivity index (χ2v) is 8.15. The largest absolute Gasteiger partial charge is 0.478 e. The van der Waals surface area contributed by atoms with Gasteiger partial charge in [-0.2, -0.15) is 0 Å². The number of aliphatic hydroxyl groups excluding tert-OH is 2. The monoisotopic (exact) mass is 445 g/mol. The van der Waals surface area contributed by atoms with E-state index in [9.17, 15) is 15.0 Å². The van der Waals surface area contributed by atoms with Crippen LogP contribution in [0.2, 0.25) is 0 Å². The van der Waals surface area contributed by atoms with Gasteiger partial charge < -0.3 is 24.8 Å². The van der Waals surface area contributed by atoms with Crippen LogP contribution in [0.3, 0.4) is 0 Å². The first-order chi connectivity index (χ1) is 16.0. The summed E-state index contributed by atoms with van der Waals surface area (Å²) in [6.45, 7) is 2.75. The molecule has 1 aliphatic heterocycles. The molecule has 4 rings (SSSR count). The molecule has 1 aliphatic rings. The Hall–Kier alpha value is -3.44. The van der Waals surface area contributed by atoms with Crippen molar-refractivity contribution in [3.63, 3.8) is 0 Å². The number of carbonyl (C=O) groups excluding carboxylic acids is 1. The number of carbonyl (C=O) groups is 1. The molecule has 2 aromatic carbocycles. The molecule has 0 unspecified atom stereocenters. The maximum absolute atomic E-state index is 11.5. The minimum absolute atomic E-state index is 0.183. The highest BCUT2D eigenvalue weighted by molar-refractivity contribution is 5.67. The quantitative estimate of drug-likeness (QED) is 0.382. The summed E-state index contributed by atoms with van der Waals surface area (Å²) in [6.07, 6.45) is 4.10. The summed E-state index contributed by atoms with van der Waals surface area (Å²) in [7, 11) is 0. The lowest BCUT2D eigenvalue weighted by atomic mass is 10.0. The Kier molecular flexibility index (Phi) is 6.90. The summed E-state index contributed by atoms with van der Waals surface area (Å²) in [6, 6.07) is 15.0. The molecule has 0 amide bonds. The molecule has 1 fully saturated rings. The van der Waals surface area contributed by atoms with Crippen molar-refractivity contribution >= 4 is 6.29 Å². The Morgan fingerprint density at radius 3 is 2.48 bits per heavy atom. The Morgan fingerprint density at radius 2 is 1.91 bits per heavy atom. The van der Waals surface area contributed by atoms with Crippen LogP contribution in [0.5, 0.6) is 5.75 Å². The van der Waals surface area contributed by atoms with Crippen LogP contribution in [-0.4, -0.2) is 51.3 Å². The van der Waals surface area contributed by atoms with Crippen LogP contribution >= 0.6 is 0 Å². The lowest BCUT2D eigenvalue weighted by Crippen LogP contribution is -2.40. The molecule has 7 heteroatoms. The van der Waals surface area contributed by atoms with E-state index in [4.69, 9.17) is 4.74 Å². The summed E-state index contributed by atoms with van der Waals surface area (Å²) < 4.78 is 7.64. The number of aliphatic hydroxyl groups is 2. The number of hydrogen-bond donors (Lipinski definition) is 3. The number of aromatic nitrogens is 2. The highest BCUT2D eigenvalue weighted by Crippen LogP contribution is 2.26. The predicted octanol–water partition coefficient (Wildman–Crippen LogP) is 2.50. The average molecular weight is 446 g/mol. The van der Waals surface area contributed by atoms with Crippen molar-refractivity contribution in [3.05, 3.63) is 72.3 Å². The molecule has 0 spiro atoms. The van der Waals surface area contributed by atoms with E-state index in [-0.39, 0.29) is 6.61 Å². The number of aldehydes is 1. The number of nitrogens with zero attached hydrogens (tertiary/aromatic N) is 2. The molecule has 1 saturated heterocycles. The zero-order valence-corrected chi connectivity index (χ0v) is 18.4. The Bertz CT molecular complexity index is 1130. The molecule has 0 aliphatic carbocycles. The van der Waals surface area contributed by atoms with E-state index in [1.165, 1.54) is 0 Å². The molecule has 33 heavy (non-hydrogen) atoms. The molecule has 3 N–H and O–H groups in total. The zero-order valence-electron chi connectivity index (χ0n) is 18.4. The number of benzene rings is 2. The van der Waals surface area contributed by atoms with Crippen LogP contribution in [0.25, 0.3) is 11.1 Å². The van der Waals surface area contributed by atoms with Crippen LogP contribution < -0.4 is 10.1 Å². The van der Waals surface area contributed by atoms with Crippen molar-refractivity contribution in [2.45, 2.75) is 31.1 Å². The van der Waals surface area contributed by atoms with E-state index in [2.05, 4.69) is 22.1 Å². The van der Waals surface area contributed by atoms with Crippen LogP contribution in [0, 0.1) is 11.8 Å². The Labute approximate surface area is 193 Å². The van der Waals surface area contributed by atoms with Gasteiger partial charge in [-0.25, -0.2) is 4.98 Å². The summed E-state index contributed by atoms with van der Waals surface area (Å²) in [4.78, 5) is 15.6. The van der Waals surface area contributed by atoms with Gasteiger partial charge in [-0.05, 0) is 48.9 Å². The summed E-state index contributed by atoms with van der Waals surface area (Å²) >= 11 is 0. The van der Waals surface area contributed by atoms with E-state index < -0.39 is 17.7 Å². The van der Waals surface area contributed by atoms with Gasteiger partial charge in [0.1, 0.15) is 23.7 Å². The summed E-state index contributed by atoms with van der Waals surface area (Å²) in [5.41, 5.74) is 2.10. The van der Waals surface area contributed by atoms with Crippen LogP contribution in [0.1, 0.15) is 36.9 Å². The van der Waals surface area contributed by atoms with Gasteiger partial charge in [0, 0.05) is 30.9 Å². The van der Waals surface area contributed by atoms with Crippen molar-refractivity contribution in [1.82, 2.24) is 14.9 Å². The van der Waals surface area contributed by atoms with Gasteiger partial charge in [0.15, 0.2) is 11.9 Å². The third-order valence-corrected chi connectivity index (χ3v) is 5.72. The first-order valence-corrected chi connectivity index (χ1v) is 10.9. The maximum atomic E-state index is 11.5. The molecular formula is C26H27N3O4. The molecule has 0 radical (unpaired) electrons. The predicted molar refractivity (Wildman–Crippen MR) is 125 cm³/mol. The first-order valence-electron chi connectivity index (χ1n) is 10.9. The number of nitrogens with one attached hydrogen (secondary N) is 1. The van der Waals surface area contributed by atoms with Gasteiger partial charge in [0.2, 0.25) is 0 Å². The minimum atomic E-state index is -0.777. The van der Waals surface area contributed by atoms with E-state index in [1.807, 2.05) is 48.5 Å². The van der Waals surface area contributed by atoms with Crippen molar-refractivity contribution in [3.8, 4) is 28.7 Å². The highest BCUT2D eigenvalue weighted by atomic mass is 16.5. The van der Waals surface area contributed by atoms with Crippen LogP contribution in [0.15, 0.2) is 60.9 Å². The Morgan fingerprint density at radius 1 is 1.21 bits per heavy atom. The molecule has 0 saturated carbocycles. The second kappa shape index (κ2) is 10.0. The van der Waals surface area contributed by atoms with E-state index in [0.29, 0.717) is 24.5 Å². The van der Waals surface area contributed by atoms with Crippen LogP contribution in [0.4, 0.5) is 0 Å². The van der Waals surface area contributed by atoms with Crippen molar-refractivity contribution in [1.29, 1.82) is 0 Å². The second-order valence-electron chi connectivity index (χ2n) is 8.15. The fourth-order valence-corrected chi connectivity index (χ4v) is 3.88. The smallest absolute Gasteiger partial charge is 0.177 e. The molecule has 3 aromatic rings. The topological polar surface area (TPSA) is 96.6 Å². The van der Waals surface area contributed by atoms with Gasteiger partial charge in [0.25, 0.3) is 0 Å². The van der Waals surface area contributed by atoms with Gasteiger partial charge in [-0.1, -0.05) is 36.1 Å². The SMILES string of the molecule is C[C@H](O)c1nccn1[C@@H](C#Cc1ccc(-c2ccc(O[C@]3(C=O)CCNC3)cc2)cc1)CO. The zero-order chi connectivity index (χ0) is 23.3. The molecule has 2 heterocycles. The molecule has 1 aromatic heterocycles.